The van der Waals surface area contributed by atoms with Gasteiger partial charge in [-0.15, -0.1) is 0 Å². The van der Waals surface area contributed by atoms with E-state index < -0.39 is 0 Å². The molecule has 0 bridgehead atoms. The van der Waals surface area contributed by atoms with Crippen LogP contribution in [0.4, 0.5) is 0 Å². The van der Waals surface area contributed by atoms with Crippen molar-refractivity contribution in [1.82, 2.24) is 0 Å². The van der Waals surface area contributed by atoms with Gasteiger partial charge in [0.15, 0.2) is 0 Å². The Bertz CT molecular complexity index is 736. The average Bonchev–Trinajstić information content (AvgIpc) is 2.92. The van der Waals surface area contributed by atoms with Gasteiger partial charge in [-0.25, -0.2) is 0 Å². The van der Waals surface area contributed by atoms with Crippen molar-refractivity contribution in [2.45, 2.75) is 13.2 Å². The number of benzene rings is 2. The van der Waals surface area contributed by atoms with Gasteiger partial charge in [0, 0.05) is 16.6 Å². The van der Waals surface area contributed by atoms with Crippen molar-refractivity contribution in [2.24, 2.45) is 5.73 Å². The van der Waals surface area contributed by atoms with Gasteiger partial charge in [-0.05, 0) is 41.1 Å². The molecule has 0 unspecified atom stereocenters. The number of rotatable bonds is 4. The van der Waals surface area contributed by atoms with Gasteiger partial charge < -0.3 is 14.9 Å². The van der Waals surface area contributed by atoms with E-state index in [4.69, 9.17) is 14.9 Å². The third-order valence-electron chi connectivity index (χ3n) is 3.20. The molecule has 0 saturated carbocycles. The van der Waals surface area contributed by atoms with E-state index >= 15 is 0 Å². The smallest absolute Gasteiger partial charge is 0.146 e. The van der Waals surface area contributed by atoms with Crippen molar-refractivity contribution >= 4 is 26.7 Å². The Morgan fingerprint density at radius 3 is 2.70 bits per heavy atom. The van der Waals surface area contributed by atoms with Crippen LogP contribution in [0.15, 0.2) is 57.6 Å². The predicted octanol–water partition coefficient (Wildman–Crippen LogP) is 4.23. The Morgan fingerprint density at radius 2 is 1.85 bits per heavy atom. The first-order valence-corrected chi connectivity index (χ1v) is 7.13. The monoisotopic (exact) mass is 331 g/mol. The van der Waals surface area contributed by atoms with Gasteiger partial charge in [0.25, 0.3) is 0 Å². The molecule has 3 aromatic rings. The van der Waals surface area contributed by atoms with Crippen LogP contribution in [0.3, 0.4) is 0 Å². The molecule has 0 aliphatic carbocycles. The third-order valence-corrected chi connectivity index (χ3v) is 3.69. The van der Waals surface area contributed by atoms with Gasteiger partial charge in [-0.3, -0.25) is 0 Å². The summed E-state index contributed by atoms with van der Waals surface area (Å²) in [6, 6.07) is 14.1. The van der Waals surface area contributed by atoms with Gasteiger partial charge in [-0.1, -0.05) is 28.1 Å². The lowest BCUT2D eigenvalue weighted by atomic mass is 10.1. The molecule has 20 heavy (non-hydrogen) atoms. The van der Waals surface area contributed by atoms with E-state index in [0.29, 0.717) is 13.2 Å². The summed E-state index contributed by atoms with van der Waals surface area (Å²) in [4.78, 5) is 0. The second kappa shape index (κ2) is 5.69. The molecule has 0 amide bonds. The minimum Gasteiger partial charge on any atom is -0.486 e. The largest absolute Gasteiger partial charge is 0.486 e. The minimum atomic E-state index is 0.390. The molecule has 0 spiro atoms. The van der Waals surface area contributed by atoms with Gasteiger partial charge in [0.05, 0.1) is 6.26 Å². The molecule has 0 radical (unpaired) electrons. The molecule has 0 fully saturated rings. The standard InChI is InChI=1S/C16H14BrNO2/c17-14-3-1-12-8-15(4-2-11(12)7-14)20-10-16-13(9-18)5-6-19-16/h1-8H,9-10,18H2. The summed E-state index contributed by atoms with van der Waals surface area (Å²) in [5, 5.41) is 2.32. The highest BCUT2D eigenvalue weighted by atomic mass is 79.9. The van der Waals surface area contributed by atoms with Crippen LogP contribution in [0.2, 0.25) is 0 Å². The van der Waals surface area contributed by atoms with Crippen LogP contribution in [0.1, 0.15) is 11.3 Å². The first kappa shape index (κ1) is 13.2. The summed E-state index contributed by atoms with van der Waals surface area (Å²) < 4.78 is 12.2. The summed E-state index contributed by atoms with van der Waals surface area (Å²) in [6.45, 7) is 0.850. The molecule has 0 aliphatic rings. The van der Waals surface area contributed by atoms with Gasteiger partial charge in [0.1, 0.15) is 18.1 Å². The maximum absolute atomic E-state index is 5.77. The second-order valence-electron chi connectivity index (χ2n) is 4.52. The molecule has 0 aliphatic heterocycles. The fraction of sp³-hybridized carbons (Fsp3) is 0.125. The van der Waals surface area contributed by atoms with E-state index in [9.17, 15) is 0 Å². The van der Waals surface area contributed by atoms with Crippen LogP contribution in [-0.2, 0) is 13.2 Å². The van der Waals surface area contributed by atoms with E-state index in [0.717, 1.165) is 26.9 Å². The van der Waals surface area contributed by atoms with Gasteiger partial charge in [-0.2, -0.15) is 0 Å². The maximum atomic E-state index is 5.77. The predicted molar refractivity (Wildman–Crippen MR) is 82.6 cm³/mol. The van der Waals surface area contributed by atoms with Crippen molar-refractivity contribution in [3.05, 3.63) is 64.5 Å². The zero-order chi connectivity index (χ0) is 13.9. The van der Waals surface area contributed by atoms with E-state index in [1.807, 2.05) is 30.3 Å². The fourth-order valence-corrected chi connectivity index (χ4v) is 2.49. The number of furan rings is 1. The second-order valence-corrected chi connectivity index (χ2v) is 5.43. The first-order chi connectivity index (χ1) is 9.76. The molecular formula is C16H14BrNO2. The molecule has 4 heteroatoms. The highest BCUT2D eigenvalue weighted by Crippen LogP contribution is 2.25. The number of nitrogens with two attached hydrogens (primary N) is 1. The average molecular weight is 332 g/mol. The van der Waals surface area contributed by atoms with E-state index in [1.165, 1.54) is 5.39 Å². The Morgan fingerprint density at radius 1 is 1.05 bits per heavy atom. The molecule has 1 aromatic heterocycles. The van der Waals surface area contributed by atoms with Crippen molar-refractivity contribution < 1.29 is 9.15 Å². The molecule has 0 saturated heterocycles. The summed E-state index contributed by atoms with van der Waals surface area (Å²) in [7, 11) is 0. The Labute approximate surface area is 125 Å². The quantitative estimate of drug-likeness (QED) is 0.778. The Hall–Kier alpha value is -1.78. The highest BCUT2D eigenvalue weighted by Gasteiger charge is 2.06. The lowest BCUT2D eigenvalue weighted by Gasteiger charge is -2.07. The molecule has 3 rings (SSSR count). The maximum Gasteiger partial charge on any atom is 0.146 e. The summed E-state index contributed by atoms with van der Waals surface area (Å²) in [6.07, 6.45) is 1.64. The summed E-state index contributed by atoms with van der Waals surface area (Å²) >= 11 is 3.47. The number of hydrogen-bond acceptors (Lipinski definition) is 3. The molecule has 2 N–H and O–H groups in total. The zero-order valence-electron chi connectivity index (χ0n) is 10.8. The lowest BCUT2D eigenvalue weighted by Crippen LogP contribution is -2.01. The normalized spacial score (nSPS) is 10.9. The van der Waals surface area contributed by atoms with Crippen molar-refractivity contribution in [2.75, 3.05) is 0 Å². The lowest BCUT2D eigenvalue weighted by molar-refractivity contribution is 0.269. The Kier molecular flexibility index (Phi) is 3.76. The molecule has 1 heterocycles. The highest BCUT2D eigenvalue weighted by molar-refractivity contribution is 9.10. The molecule has 2 aromatic carbocycles. The minimum absolute atomic E-state index is 0.390. The number of fused-ring (bicyclic) bond motifs is 1. The van der Waals surface area contributed by atoms with Crippen molar-refractivity contribution in [1.29, 1.82) is 0 Å². The summed E-state index contributed by atoms with van der Waals surface area (Å²) in [5.74, 6) is 1.60. The van der Waals surface area contributed by atoms with E-state index in [2.05, 4.69) is 28.1 Å². The van der Waals surface area contributed by atoms with Crippen LogP contribution in [0.25, 0.3) is 10.8 Å². The topological polar surface area (TPSA) is 48.4 Å². The van der Waals surface area contributed by atoms with Gasteiger partial charge in [0.2, 0.25) is 0 Å². The number of hydrogen-bond donors (Lipinski definition) is 1. The van der Waals surface area contributed by atoms with E-state index in [-0.39, 0.29) is 0 Å². The van der Waals surface area contributed by atoms with Crippen molar-refractivity contribution in [3.8, 4) is 5.75 Å². The SMILES string of the molecule is NCc1ccoc1COc1ccc2cc(Br)ccc2c1. The Balaban J connectivity index is 1.79. The van der Waals surface area contributed by atoms with Crippen LogP contribution < -0.4 is 10.5 Å². The molecule has 0 atom stereocenters. The van der Waals surface area contributed by atoms with Crippen LogP contribution in [0, 0.1) is 0 Å². The zero-order valence-corrected chi connectivity index (χ0v) is 12.4. The molecule has 3 nitrogen and oxygen atoms in total. The molecule has 102 valence electrons. The van der Waals surface area contributed by atoms with Crippen LogP contribution in [0.5, 0.6) is 5.75 Å². The fourth-order valence-electron chi connectivity index (χ4n) is 2.11. The van der Waals surface area contributed by atoms with Gasteiger partial charge >= 0.3 is 0 Å². The first-order valence-electron chi connectivity index (χ1n) is 6.34. The van der Waals surface area contributed by atoms with Crippen LogP contribution in [-0.4, -0.2) is 0 Å². The van der Waals surface area contributed by atoms with Crippen LogP contribution >= 0.6 is 15.9 Å². The molecular weight excluding hydrogens is 318 g/mol. The van der Waals surface area contributed by atoms with Crippen molar-refractivity contribution in [3.63, 3.8) is 0 Å². The summed E-state index contributed by atoms with van der Waals surface area (Å²) in [5.41, 5.74) is 6.61. The number of ether oxygens (including phenoxy) is 1. The number of halogens is 1. The van der Waals surface area contributed by atoms with E-state index in [1.54, 1.807) is 6.26 Å². The third kappa shape index (κ3) is 2.71.